The number of nitrogens with one attached hydrogen (secondary N) is 1. The van der Waals surface area contributed by atoms with Crippen LogP contribution in [-0.2, 0) is 15.0 Å². The Morgan fingerprint density at radius 2 is 2.04 bits per heavy atom. The Balaban J connectivity index is 2.03. The molecule has 2 rings (SSSR count). The molecule has 0 unspecified atom stereocenters. The lowest BCUT2D eigenvalue weighted by Gasteiger charge is -2.22. The number of phenols is 1. The average Bonchev–Trinajstić information content (AvgIpc) is 3.08. The van der Waals surface area contributed by atoms with Crippen molar-refractivity contribution in [3.8, 4) is 5.75 Å². The van der Waals surface area contributed by atoms with Crippen molar-refractivity contribution in [2.75, 3.05) is 18.9 Å². The predicted molar refractivity (Wildman–Crippen MR) is 100 cm³/mol. The number of carbonyl (C=O) groups excluding carboxylic acids is 2. The average molecular weight is 358 g/mol. The highest BCUT2D eigenvalue weighted by molar-refractivity contribution is 5.96. The van der Waals surface area contributed by atoms with Crippen LogP contribution in [0.3, 0.4) is 0 Å². The molecule has 1 atom stereocenters. The van der Waals surface area contributed by atoms with E-state index in [0.717, 1.165) is 5.56 Å². The van der Waals surface area contributed by atoms with Crippen LogP contribution in [0, 0.1) is 0 Å². The van der Waals surface area contributed by atoms with Crippen LogP contribution in [0.1, 0.15) is 39.3 Å². The van der Waals surface area contributed by atoms with Crippen LogP contribution in [0.2, 0.25) is 0 Å². The van der Waals surface area contributed by atoms with Crippen LogP contribution in [0.4, 0.5) is 5.69 Å². The number of hydrogen-bond donors (Lipinski definition) is 2. The second-order valence-electron chi connectivity index (χ2n) is 7.39. The first kappa shape index (κ1) is 19.5. The number of hydrogen-bond acceptors (Lipinski definition) is 4. The third kappa shape index (κ3) is 4.62. The Hall–Kier alpha value is -2.83. The van der Waals surface area contributed by atoms with E-state index in [0.29, 0.717) is 5.69 Å². The molecule has 0 spiro atoms. The van der Waals surface area contributed by atoms with Gasteiger partial charge in [0.2, 0.25) is 11.8 Å². The summed E-state index contributed by atoms with van der Waals surface area (Å²) in [7, 11) is 1.56. The van der Waals surface area contributed by atoms with Crippen LogP contribution in [-0.4, -0.2) is 45.2 Å². The van der Waals surface area contributed by atoms with Gasteiger partial charge in [0.05, 0.1) is 12.2 Å². The number of anilines is 1. The molecule has 7 nitrogen and oxygen atoms in total. The molecule has 2 amide bonds. The number of benzene rings is 1. The molecule has 1 aromatic carbocycles. The van der Waals surface area contributed by atoms with Crippen LogP contribution >= 0.6 is 0 Å². The number of rotatable bonds is 5. The van der Waals surface area contributed by atoms with Crippen LogP contribution in [0.5, 0.6) is 5.75 Å². The highest BCUT2D eigenvalue weighted by Gasteiger charge is 2.22. The number of likely N-dealkylation sites (N-methyl/N-ethyl adjacent to an activating group) is 1. The van der Waals surface area contributed by atoms with E-state index in [2.05, 4.69) is 10.4 Å². The summed E-state index contributed by atoms with van der Waals surface area (Å²) < 4.78 is 1.54. The van der Waals surface area contributed by atoms with Gasteiger partial charge in [-0.05, 0) is 36.1 Å². The van der Waals surface area contributed by atoms with Crippen LogP contribution in [0.25, 0.3) is 0 Å². The Morgan fingerprint density at radius 3 is 2.62 bits per heavy atom. The van der Waals surface area contributed by atoms with Gasteiger partial charge in [-0.25, -0.2) is 0 Å². The lowest BCUT2D eigenvalue weighted by Crippen LogP contribution is -2.38. The van der Waals surface area contributed by atoms with Crippen LogP contribution in [0.15, 0.2) is 36.7 Å². The Kier molecular flexibility index (Phi) is 5.69. The maximum Gasteiger partial charge on any atom is 0.247 e. The van der Waals surface area contributed by atoms with E-state index < -0.39 is 6.04 Å². The van der Waals surface area contributed by atoms with Crippen molar-refractivity contribution in [1.29, 1.82) is 0 Å². The summed E-state index contributed by atoms with van der Waals surface area (Å²) in [6, 6.07) is 6.38. The summed E-state index contributed by atoms with van der Waals surface area (Å²) in [6.45, 7) is 7.75. The van der Waals surface area contributed by atoms with Gasteiger partial charge in [-0.1, -0.05) is 26.8 Å². The third-order valence-electron chi connectivity index (χ3n) is 4.17. The molecule has 1 aromatic heterocycles. The molecule has 0 saturated carbocycles. The predicted octanol–water partition coefficient (Wildman–Crippen LogP) is 2.54. The van der Waals surface area contributed by atoms with Crippen molar-refractivity contribution in [2.24, 2.45) is 0 Å². The SMILES string of the molecule is C[C@H](C(=O)N(C)CC(=O)Nc1cc(C(C)(C)C)ccc1O)n1cccn1. The van der Waals surface area contributed by atoms with E-state index in [4.69, 9.17) is 0 Å². The molecule has 1 heterocycles. The molecule has 140 valence electrons. The molecule has 0 saturated heterocycles. The smallest absolute Gasteiger partial charge is 0.247 e. The second-order valence-corrected chi connectivity index (χ2v) is 7.39. The van der Waals surface area contributed by atoms with Gasteiger partial charge >= 0.3 is 0 Å². The Bertz CT molecular complexity index is 779. The fourth-order valence-electron chi connectivity index (χ4n) is 2.53. The summed E-state index contributed by atoms with van der Waals surface area (Å²) in [5.74, 6) is -0.614. The molecule has 7 heteroatoms. The number of nitrogens with zero attached hydrogens (tertiary/aromatic N) is 3. The molecular weight excluding hydrogens is 332 g/mol. The highest BCUT2D eigenvalue weighted by atomic mass is 16.3. The van der Waals surface area contributed by atoms with Crippen molar-refractivity contribution in [2.45, 2.75) is 39.2 Å². The maximum absolute atomic E-state index is 12.4. The van der Waals surface area contributed by atoms with Crippen LogP contribution < -0.4 is 5.32 Å². The van der Waals surface area contributed by atoms with Gasteiger partial charge in [0, 0.05) is 19.4 Å². The number of aromatic hydroxyl groups is 1. The number of aromatic nitrogens is 2. The topological polar surface area (TPSA) is 87.5 Å². The minimum atomic E-state index is -0.500. The van der Waals surface area contributed by atoms with Gasteiger partial charge in [-0.2, -0.15) is 5.10 Å². The molecule has 0 bridgehead atoms. The van der Waals surface area contributed by atoms with E-state index in [9.17, 15) is 14.7 Å². The standard InChI is InChI=1S/C19H26N4O3/c1-13(23-10-6-9-20-23)18(26)22(5)12-17(25)21-15-11-14(19(2,3)4)7-8-16(15)24/h6-11,13,24H,12H2,1-5H3,(H,21,25)/t13-/m1/s1. The molecule has 0 radical (unpaired) electrons. The van der Waals surface area contributed by atoms with Gasteiger partial charge in [0.1, 0.15) is 11.8 Å². The van der Waals surface area contributed by atoms with Gasteiger partial charge < -0.3 is 15.3 Å². The zero-order chi connectivity index (χ0) is 19.5. The zero-order valence-electron chi connectivity index (χ0n) is 15.9. The quantitative estimate of drug-likeness (QED) is 0.804. The number of phenolic OH excluding ortho intramolecular Hbond substituents is 1. The lowest BCUT2D eigenvalue weighted by atomic mass is 9.87. The highest BCUT2D eigenvalue weighted by Crippen LogP contribution is 2.30. The van der Waals surface area contributed by atoms with Gasteiger partial charge in [-0.15, -0.1) is 0 Å². The Morgan fingerprint density at radius 1 is 1.35 bits per heavy atom. The van der Waals surface area contributed by atoms with Crippen molar-refractivity contribution in [3.63, 3.8) is 0 Å². The fourth-order valence-corrected chi connectivity index (χ4v) is 2.53. The number of carbonyl (C=O) groups is 2. The van der Waals surface area contributed by atoms with Gasteiger partial charge in [0.15, 0.2) is 0 Å². The molecule has 0 aliphatic carbocycles. The molecule has 0 aliphatic heterocycles. The van der Waals surface area contributed by atoms with E-state index in [1.165, 1.54) is 9.58 Å². The second kappa shape index (κ2) is 7.59. The van der Waals surface area contributed by atoms with E-state index in [-0.39, 0.29) is 29.5 Å². The molecular formula is C19H26N4O3. The minimum Gasteiger partial charge on any atom is -0.506 e. The molecule has 2 aromatic rings. The molecule has 0 fully saturated rings. The number of amides is 2. The summed E-state index contributed by atoms with van der Waals surface area (Å²) in [4.78, 5) is 26.1. The molecule has 2 N–H and O–H groups in total. The van der Waals surface area contributed by atoms with E-state index >= 15 is 0 Å². The van der Waals surface area contributed by atoms with Gasteiger partial charge in [-0.3, -0.25) is 14.3 Å². The van der Waals surface area contributed by atoms with Crippen molar-refractivity contribution in [1.82, 2.24) is 14.7 Å². The molecule has 26 heavy (non-hydrogen) atoms. The summed E-state index contributed by atoms with van der Waals surface area (Å²) in [6.07, 6.45) is 3.30. The zero-order valence-corrected chi connectivity index (χ0v) is 15.9. The summed E-state index contributed by atoms with van der Waals surface area (Å²) in [5, 5.41) is 16.7. The summed E-state index contributed by atoms with van der Waals surface area (Å²) >= 11 is 0. The largest absolute Gasteiger partial charge is 0.506 e. The normalized spacial score (nSPS) is 12.5. The first-order chi connectivity index (χ1) is 12.1. The third-order valence-corrected chi connectivity index (χ3v) is 4.17. The van der Waals surface area contributed by atoms with Crippen molar-refractivity contribution >= 4 is 17.5 Å². The fraction of sp³-hybridized carbons (Fsp3) is 0.421. The minimum absolute atomic E-state index is 0.00904. The van der Waals surface area contributed by atoms with Crippen molar-refractivity contribution in [3.05, 3.63) is 42.2 Å². The Labute approximate surface area is 153 Å². The van der Waals surface area contributed by atoms with Gasteiger partial charge in [0.25, 0.3) is 0 Å². The first-order valence-electron chi connectivity index (χ1n) is 8.47. The lowest BCUT2D eigenvalue weighted by molar-refractivity contribution is -0.136. The van der Waals surface area contributed by atoms with E-state index in [1.807, 2.05) is 26.8 Å². The van der Waals surface area contributed by atoms with Crippen molar-refractivity contribution < 1.29 is 14.7 Å². The maximum atomic E-state index is 12.4. The monoisotopic (exact) mass is 358 g/mol. The first-order valence-corrected chi connectivity index (χ1v) is 8.47. The summed E-state index contributed by atoms with van der Waals surface area (Å²) in [5.41, 5.74) is 1.21. The molecule has 0 aliphatic rings. The van der Waals surface area contributed by atoms with E-state index in [1.54, 1.807) is 44.6 Å².